The molecule has 3 atom stereocenters. The van der Waals surface area contributed by atoms with E-state index < -0.39 is 34.3 Å². The van der Waals surface area contributed by atoms with Crippen molar-refractivity contribution in [2.24, 2.45) is 16.7 Å². The standard InChI is InChI=1S/C19H21BrO5/c1-5-18(13(21)11-7-9-12(20)10-8-11)14-17(3,4)25-16(23)19(14,18)15(22)24-6-2/h7-10,14H,5-6H2,1-4H3/t14-,18+,19-/m0/s1. The number of ketones is 1. The Hall–Kier alpha value is -1.69. The molecule has 0 N–H and O–H groups in total. The number of ether oxygens (including phenoxy) is 2. The van der Waals surface area contributed by atoms with Gasteiger partial charge < -0.3 is 9.47 Å². The predicted octanol–water partition coefficient (Wildman–Crippen LogP) is 3.54. The van der Waals surface area contributed by atoms with Crippen LogP contribution >= 0.6 is 15.9 Å². The van der Waals surface area contributed by atoms with Gasteiger partial charge in [-0.15, -0.1) is 0 Å². The number of hydrogen-bond donors (Lipinski definition) is 0. The van der Waals surface area contributed by atoms with Crippen molar-refractivity contribution in [1.29, 1.82) is 0 Å². The Kier molecular flexibility index (Phi) is 4.10. The Balaban J connectivity index is 2.14. The van der Waals surface area contributed by atoms with Crippen LogP contribution in [0.2, 0.25) is 0 Å². The normalized spacial score (nSPS) is 31.9. The molecule has 2 aliphatic rings. The second-order valence-electron chi connectivity index (χ2n) is 7.12. The highest BCUT2D eigenvalue weighted by Gasteiger charge is 2.95. The Labute approximate surface area is 155 Å². The van der Waals surface area contributed by atoms with Crippen molar-refractivity contribution in [1.82, 2.24) is 0 Å². The first-order valence-electron chi connectivity index (χ1n) is 8.41. The zero-order chi connectivity index (χ0) is 18.6. The average molecular weight is 409 g/mol. The Morgan fingerprint density at radius 1 is 1.20 bits per heavy atom. The molecule has 1 saturated heterocycles. The van der Waals surface area contributed by atoms with Gasteiger partial charge in [-0.2, -0.15) is 0 Å². The molecule has 3 rings (SSSR count). The molecule has 1 saturated carbocycles. The number of esters is 2. The maximum absolute atomic E-state index is 13.4. The monoisotopic (exact) mass is 408 g/mol. The molecule has 1 aliphatic heterocycles. The summed E-state index contributed by atoms with van der Waals surface area (Å²) in [5, 5.41) is 0. The number of Topliss-reactive ketones (excluding diaryl/α,β-unsaturated/α-hetero) is 1. The molecule has 0 unspecified atom stereocenters. The SMILES string of the molecule is CCOC(=O)[C@]12C(=O)OC(C)(C)[C@H]1[C@@]2(CC)C(=O)c1ccc(Br)cc1. The van der Waals surface area contributed by atoms with Gasteiger partial charge in [0.15, 0.2) is 11.2 Å². The second-order valence-corrected chi connectivity index (χ2v) is 8.03. The van der Waals surface area contributed by atoms with Gasteiger partial charge in [0.05, 0.1) is 12.0 Å². The van der Waals surface area contributed by atoms with Crippen LogP contribution in [0.3, 0.4) is 0 Å². The van der Waals surface area contributed by atoms with Gasteiger partial charge in [0, 0.05) is 16.0 Å². The van der Waals surface area contributed by atoms with E-state index in [0.29, 0.717) is 12.0 Å². The van der Waals surface area contributed by atoms with E-state index in [1.165, 1.54) is 0 Å². The molecule has 0 radical (unpaired) electrons. The fourth-order valence-electron chi connectivity index (χ4n) is 4.77. The quantitative estimate of drug-likeness (QED) is 0.423. The molecule has 2 fully saturated rings. The summed E-state index contributed by atoms with van der Waals surface area (Å²) in [5.41, 5.74) is -3.07. The molecular formula is C19H21BrO5. The first kappa shape index (κ1) is 18.1. The van der Waals surface area contributed by atoms with Crippen LogP contribution in [0, 0.1) is 16.7 Å². The van der Waals surface area contributed by atoms with Crippen molar-refractivity contribution in [3.05, 3.63) is 34.3 Å². The highest BCUT2D eigenvalue weighted by atomic mass is 79.9. The zero-order valence-electron chi connectivity index (χ0n) is 14.7. The van der Waals surface area contributed by atoms with E-state index in [1.54, 1.807) is 45.0 Å². The average Bonchev–Trinajstić information content (AvgIpc) is 3.15. The largest absolute Gasteiger partial charge is 0.465 e. The molecule has 0 aromatic heterocycles. The van der Waals surface area contributed by atoms with E-state index in [9.17, 15) is 14.4 Å². The van der Waals surface area contributed by atoms with E-state index in [2.05, 4.69) is 15.9 Å². The Morgan fingerprint density at radius 3 is 2.32 bits per heavy atom. The van der Waals surface area contributed by atoms with E-state index in [1.807, 2.05) is 6.92 Å². The van der Waals surface area contributed by atoms with Crippen molar-refractivity contribution >= 4 is 33.7 Å². The number of carbonyl (C=O) groups excluding carboxylic acids is 3. The van der Waals surface area contributed by atoms with Gasteiger partial charge in [0.1, 0.15) is 5.60 Å². The number of hydrogen-bond acceptors (Lipinski definition) is 5. The van der Waals surface area contributed by atoms with Crippen LogP contribution < -0.4 is 0 Å². The summed E-state index contributed by atoms with van der Waals surface area (Å²) in [5.74, 6) is -2.03. The van der Waals surface area contributed by atoms with E-state index in [0.717, 1.165) is 4.47 Å². The van der Waals surface area contributed by atoms with E-state index in [-0.39, 0.29) is 12.4 Å². The summed E-state index contributed by atoms with van der Waals surface area (Å²) >= 11 is 3.35. The van der Waals surface area contributed by atoms with Crippen LogP contribution in [0.25, 0.3) is 0 Å². The lowest BCUT2D eigenvalue weighted by atomic mass is 9.81. The summed E-state index contributed by atoms with van der Waals surface area (Å²) in [6, 6.07) is 6.95. The van der Waals surface area contributed by atoms with Gasteiger partial charge in [-0.05, 0) is 39.3 Å². The van der Waals surface area contributed by atoms with Gasteiger partial charge in [-0.3, -0.25) is 14.4 Å². The molecule has 25 heavy (non-hydrogen) atoms. The smallest absolute Gasteiger partial charge is 0.325 e. The van der Waals surface area contributed by atoms with Crippen LogP contribution in [0.5, 0.6) is 0 Å². The molecule has 0 spiro atoms. The lowest BCUT2D eigenvalue weighted by Gasteiger charge is -2.28. The molecule has 1 aliphatic carbocycles. The van der Waals surface area contributed by atoms with Crippen LogP contribution in [0.4, 0.5) is 0 Å². The fraction of sp³-hybridized carbons (Fsp3) is 0.526. The van der Waals surface area contributed by atoms with Crippen molar-refractivity contribution < 1.29 is 23.9 Å². The highest BCUT2D eigenvalue weighted by molar-refractivity contribution is 9.10. The van der Waals surface area contributed by atoms with Crippen LogP contribution in [0.15, 0.2) is 28.7 Å². The molecular weight excluding hydrogens is 388 g/mol. The Morgan fingerprint density at radius 2 is 1.80 bits per heavy atom. The van der Waals surface area contributed by atoms with Crippen molar-refractivity contribution in [2.45, 2.75) is 39.7 Å². The second kappa shape index (κ2) is 5.66. The molecule has 1 heterocycles. The van der Waals surface area contributed by atoms with Gasteiger partial charge in [-0.1, -0.05) is 35.0 Å². The topological polar surface area (TPSA) is 69.7 Å². The predicted molar refractivity (Wildman–Crippen MR) is 93.9 cm³/mol. The summed E-state index contributed by atoms with van der Waals surface area (Å²) < 4.78 is 11.5. The van der Waals surface area contributed by atoms with Crippen molar-refractivity contribution in [2.75, 3.05) is 6.61 Å². The lowest BCUT2D eigenvalue weighted by Crippen LogP contribution is -2.40. The van der Waals surface area contributed by atoms with Crippen LogP contribution in [-0.2, 0) is 19.1 Å². The molecule has 0 amide bonds. The third-order valence-corrected chi connectivity index (χ3v) is 6.11. The molecule has 134 valence electrons. The fourth-order valence-corrected chi connectivity index (χ4v) is 5.03. The van der Waals surface area contributed by atoms with E-state index in [4.69, 9.17) is 9.47 Å². The maximum atomic E-state index is 13.4. The molecule has 6 heteroatoms. The minimum atomic E-state index is -1.54. The number of rotatable bonds is 5. The van der Waals surface area contributed by atoms with Crippen molar-refractivity contribution in [3.8, 4) is 0 Å². The first-order chi connectivity index (χ1) is 11.7. The number of cyclic esters (lactones) is 1. The maximum Gasteiger partial charge on any atom is 0.325 e. The number of fused-ring (bicyclic) bond motifs is 1. The number of halogens is 1. The Bertz CT molecular complexity index is 754. The summed E-state index contributed by atoms with van der Waals surface area (Å²) in [4.78, 5) is 38.9. The summed E-state index contributed by atoms with van der Waals surface area (Å²) in [6.07, 6.45) is 0.365. The number of carbonyl (C=O) groups is 3. The number of benzene rings is 1. The minimum absolute atomic E-state index is 0.146. The molecule has 1 aromatic carbocycles. The van der Waals surface area contributed by atoms with Crippen molar-refractivity contribution in [3.63, 3.8) is 0 Å². The summed E-state index contributed by atoms with van der Waals surface area (Å²) in [6.45, 7) is 7.17. The van der Waals surface area contributed by atoms with E-state index >= 15 is 0 Å². The van der Waals surface area contributed by atoms with Gasteiger partial charge in [-0.25, -0.2) is 0 Å². The third kappa shape index (κ3) is 2.09. The molecule has 1 aromatic rings. The van der Waals surface area contributed by atoms with Crippen LogP contribution in [0.1, 0.15) is 44.5 Å². The molecule has 0 bridgehead atoms. The zero-order valence-corrected chi connectivity index (χ0v) is 16.3. The highest BCUT2D eigenvalue weighted by Crippen LogP contribution is 2.80. The van der Waals surface area contributed by atoms with Gasteiger partial charge in [0.2, 0.25) is 0 Å². The molecule has 5 nitrogen and oxygen atoms in total. The summed E-state index contributed by atoms with van der Waals surface area (Å²) in [7, 11) is 0. The first-order valence-corrected chi connectivity index (χ1v) is 9.20. The van der Waals surface area contributed by atoms with Gasteiger partial charge >= 0.3 is 11.9 Å². The van der Waals surface area contributed by atoms with Crippen LogP contribution in [-0.4, -0.2) is 29.9 Å². The third-order valence-electron chi connectivity index (χ3n) is 5.59. The lowest BCUT2D eigenvalue weighted by molar-refractivity contribution is -0.166. The minimum Gasteiger partial charge on any atom is -0.465 e. The van der Waals surface area contributed by atoms with Gasteiger partial charge in [0.25, 0.3) is 0 Å².